The van der Waals surface area contributed by atoms with Crippen LogP contribution in [0.3, 0.4) is 0 Å². The van der Waals surface area contributed by atoms with Crippen molar-refractivity contribution in [2.75, 3.05) is 5.32 Å². The second-order valence-corrected chi connectivity index (χ2v) is 8.32. The summed E-state index contributed by atoms with van der Waals surface area (Å²) in [6, 6.07) is 10.9. The molecular formula is C22H15ClN4O6S. The Balaban J connectivity index is 1.51. The standard InChI is InChI=1S/C22H15ClN4O6S/c1-12-11-34-22-24-13(8-19(28)26(12)22)10-33-21(30)16-4-2-3-5-18(16)25-20(29)15-7-6-14(27(31)32)9-17(15)23/h2-9,11H,10H2,1H3,(H,25,29). The molecule has 0 fully saturated rings. The third-order valence-electron chi connectivity index (χ3n) is 4.78. The Labute approximate surface area is 200 Å². The number of hydrogen-bond acceptors (Lipinski definition) is 8. The van der Waals surface area contributed by atoms with Gasteiger partial charge in [-0.1, -0.05) is 23.7 Å². The molecule has 0 spiro atoms. The summed E-state index contributed by atoms with van der Waals surface area (Å²) in [6.45, 7) is 1.55. The summed E-state index contributed by atoms with van der Waals surface area (Å²) in [7, 11) is 0. The maximum Gasteiger partial charge on any atom is 0.340 e. The molecule has 4 aromatic rings. The number of esters is 1. The summed E-state index contributed by atoms with van der Waals surface area (Å²) in [6.07, 6.45) is 0. The smallest absolute Gasteiger partial charge is 0.340 e. The molecule has 0 saturated heterocycles. The van der Waals surface area contributed by atoms with Crippen molar-refractivity contribution < 1.29 is 19.2 Å². The third-order valence-corrected chi connectivity index (χ3v) is 6.04. The fraction of sp³-hybridized carbons (Fsp3) is 0.0909. The first kappa shape index (κ1) is 23.1. The van der Waals surface area contributed by atoms with E-state index < -0.39 is 16.8 Å². The molecule has 0 aliphatic carbocycles. The molecule has 0 radical (unpaired) electrons. The van der Waals surface area contributed by atoms with Gasteiger partial charge in [0.2, 0.25) is 0 Å². The number of aromatic nitrogens is 2. The predicted octanol–water partition coefficient (Wildman–Crippen LogP) is 4.24. The fourth-order valence-electron chi connectivity index (χ4n) is 3.15. The number of anilines is 1. The first-order valence-corrected chi connectivity index (χ1v) is 11.0. The Morgan fingerprint density at radius 2 is 1.97 bits per heavy atom. The number of nitro groups is 1. The largest absolute Gasteiger partial charge is 0.456 e. The number of halogens is 1. The molecule has 1 N–H and O–H groups in total. The molecule has 0 aliphatic rings. The van der Waals surface area contributed by atoms with E-state index in [1.165, 1.54) is 40.0 Å². The van der Waals surface area contributed by atoms with E-state index in [2.05, 4.69) is 10.3 Å². The van der Waals surface area contributed by atoms with Gasteiger partial charge in [-0.3, -0.25) is 24.1 Å². The van der Waals surface area contributed by atoms with Crippen LogP contribution in [0.1, 0.15) is 32.1 Å². The van der Waals surface area contributed by atoms with Crippen LogP contribution in [-0.2, 0) is 11.3 Å². The summed E-state index contributed by atoms with van der Waals surface area (Å²) in [5.74, 6) is -1.40. The number of amides is 1. The number of para-hydroxylation sites is 1. The van der Waals surface area contributed by atoms with Crippen LogP contribution in [0.4, 0.5) is 11.4 Å². The summed E-state index contributed by atoms with van der Waals surface area (Å²) in [5.41, 5.74) is 0.748. The SMILES string of the molecule is Cc1csc2nc(COC(=O)c3ccccc3NC(=O)c3ccc([N+](=O)[O-])cc3Cl)cc(=O)n12. The van der Waals surface area contributed by atoms with Crippen LogP contribution in [-0.4, -0.2) is 26.2 Å². The Kier molecular flexibility index (Phi) is 6.39. The lowest BCUT2D eigenvalue weighted by Crippen LogP contribution is -2.18. The number of hydrogen-bond donors (Lipinski definition) is 1. The minimum atomic E-state index is -0.741. The first-order chi connectivity index (χ1) is 16.2. The van der Waals surface area contributed by atoms with Crippen molar-refractivity contribution in [1.29, 1.82) is 0 Å². The Bertz CT molecular complexity index is 1510. The maximum absolute atomic E-state index is 12.7. The number of nitrogens with one attached hydrogen (secondary N) is 1. The molecule has 4 rings (SSSR count). The van der Waals surface area contributed by atoms with Gasteiger partial charge in [0.15, 0.2) is 4.96 Å². The van der Waals surface area contributed by atoms with Crippen molar-refractivity contribution >= 4 is 51.1 Å². The molecule has 0 unspecified atom stereocenters. The molecular weight excluding hydrogens is 484 g/mol. The molecule has 0 aliphatic heterocycles. The zero-order chi connectivity index (χ0) is 24.4. The van der Waals surface area contributed by atoms with Crippen LogP contribution in [0.15, 0.2) is 58.7 Å². The summed E-state index contributed by atoms with van der Waals surface area (Å²) in [5, 5.41) is 15.1. The van der Waals surface area contributed by atoms with E-state index in [0.717, 1.165) is 17.8 Å². The molecule has 1 amide bonds. The van der Waals surface area contributed by atoms with E-state index in [1.54, 1.807) is 24.4 Å². The summed E-state index contributed by atoms with van der Waals surface area (Å²) < 4.78 is 6.78. The topological polar surface area (TPSA) is 133 Å². The number of carbonyl (C=O) groups is 2. The highest BCUT2D eigenvalue weighted by Gasteiger charge is 2.19. The molecule has 34 heavy (non-hydrogen) atoms. The van der Waals surface area contributed by atoms with Crippen LogP contribution >= 0.6 is 22.9 Å². The van der Waals surface area contributed by atoms with Gasteiger partial charge in [0.1, 0.15) is 6.61 Å². The minimum Gasteiger partial charge on any atom is -0.456 e. The van der Waals surface area contributed by atoms with Crippen LogP contribution in [0.25, 0.3) is 4.96 Å². The third kappa shape index (κ3) is 4.65. The number of fused-ring (bicyclic) bond motifs is 1. The van der Waals surface area contributed by atoms with Gasteiger partial charge in [0, 0.05) is 29.3 Å². The first-order valence-electron chi connectivity index (χ1n) is 9.73. The van der Waals surface area contributed by atoms with Gasteiger partial charge in [-0.25, -0.2) is 9.78 Å². The number of rotatable bonds is 6. The van der Waals surface area contributed by atoms with Gasteiger partial charge in [-0.2, -0.15) is 0 Å². The van der Waals surface area contributed by atoms with Crippen LogP contribution in [0.5, 0.6) is 0 Å². The quantitative estimate of drug-likeness (QED) is 0.239. The molecule has 0 saturated carbocycles. The highest BCUT2D eigenvalue weighted by molar-refractivity contribution is 7.15. The van der Waals surface area contributed by atoms with E-state index in [-0.39, 0.29) is 39.7 Å². The van der Waals surface area contributed by atoms with E-state index in [4.69, 9.17) is 16.3 Å². The highest BCUT2D eigenvalue weighted by Crippen LogP contribution is 2.25. The molecule has 172 valence electrons. The molecule has 2 aromatic carbocycles. The molecule has 12 heteroatoms. The number of carbonyl (C=O) groups excluding carboxylic acids is 2. The van der Waals surface area contributed by atoms with Gasteiger partial charge >= 0.3 is 5.97 Å². The number of benzene rings is 2. The van der Waals surface area contributed by atoms with Gasteiger partial charge in [0.25, 0.3) is 17.2 Å². The van der Waals surface area contributed by atoms with Crippen LogP contribution in [0, 0.1) is 17.0 Å². The van der Waals surface area contributed by atoms with Gasteiger partial charge in [-0.15, -0.1) is 11.3 Å². The van der Waals surface area contributed by atoms with Gasteiger partial charge in [0.05, 0.1) is 32.5 Å². The van der Waals surface area contributed by atoms with E-state index in [1.807, 2.05) is 0 Å². The summed E-state index contributed by atoms with van der Waals surface area (Å²) >= 11 is 7.32. The van der Waals surface area contributed by atoms with E-state index >= 15 is 0 Å². The number of aryl methyl sites for hydroxylation is 1. The lowest BCUT2D eigenvalue weighted by atomic mass is 10.1. The van der Waals surface area contributed by atoms with Crippen molar-refractivity contribution in [3.8, 4) is 0 Å². The van der Waals surface area contributed by atoms with Crippen molar-refractivity contribution in [3.63, 3.8) is 0 Å². The Hall–Kier alpha value is -4.09. The van der Waals surface area contributed by atoms with Crippen molar-refractivity contribution in [3.05, 3.63) is 102 Å². The average Bonchev–Trinajstić information content (AvgIpc) is 3.18. The van der Waals surface area contributed by atoms with Crippen molar-refractivity contribution in [1.82, 2.24) is 9.38 Å². The maximum atomic E-state index is 12.7. The highest BCUT2D eigenvalue weighted by atomic mass is 35.5. The second-order valence-electron chi connectivity index (χ2n) is 7.08. The van der Waals surface area contributed by atoms with E-state index in [9.17, 15) is 24.5 Å². The molecule has 2 aromatic heterocycles. The van der Waals surface area contributed by atoms with Gasteiger partial charge < -0.3 is 10.1 Å². The fourth-order valence-corrected chi connectivity index (χ4v) is 4.30. The monoisotopic (exact) mass is 498 g/mol. The number of non-ortho nitro benzene ring substituents is 1. The van der Waals surface area contributed by atoms with Crippen molar-refractivity contribution in [2.24, 2.45) is 0 Å². The van der Waals surface area contributed by atoms with E-state index in [0.29, 0.717) is 10.7 Å². The number of ether oxygens (including phenoxy) is 1. The normalized spacial score (nSPS) is 10.8. The Morgan fingerprint density at radius 1 is 1.21 bits per heavy atom. The number of nitrogens with zero attached hydrogens (tertiary/aromatic N) is 3. The average molecular weight is 499 g/mol. The zero-order valence-electron chi connectivity index (χ0n) is 17.5. The number of thiazole rings is 1. The molecule has 10 nitrogen and oxygen atoms in total. The van der Waals surface area contributed by atoms with Gasteiger partial charge in [-0.05, 0) is 25.1 Å². The van der Waals surface area contributed by atoms with Crippen LogP contribution < -0.4 is 10.9 Å². The minimum absolute atomic E-state index is 0.000318. The lowest BCUT2D eigenvalue weighted by molar-refractivity contribution is -0.384. The summed E-state index contributed by atoms with van der Waals surface area (Å²) in [4.78, 5) is 52.7. The lowest BCUT2D eigenvalue weighted by Gasteiger charge is -2.11. The molecule has 2 heterocycles. The second kappa shape index (κ2) is 9.41. The van der Waals surface area contributed by atoms with Crippen molar-refractivity contribution in [2.45, 2.75) is 13.5 Å². The van der Waals surface area contributed by atoms with Crippen LogP contribution in [0.2, 0.25) is 5.02 Å². The Morgan fingerprint density at radius 3 is 2.71 bits per heavy atom. The zero-order valence-corrected chi connectivity index (χ0v) is 19.1. The molecule has 0 bridgehead atoms. The number of nitro benzene ring substituents is 1. The predicted molar refractivity (Wildman–Crippen MR) is 126 cm³/mol. The molecule has 0 atom stereocenters.